The van der Waals surface area contributed by atoms with Gasteiger partial charge in [0.25, 0.3) is 0 Å². The molecule has 1 atom stereocenters. The van der Waals surface area contributed by atoms with Crippen molar-refractivity contribution in [1.29, 1.82) is 0 Å². The molecule has 0 fully saturated rings. The zero-order valence-corrected chi connectivity index (χ0v) is 13.7. The van der Waals surface area contributed by atoms with Gasteiger partial charge in [-0.15, -0.1) is 0 Å². The Morgan fingerprint density at radius 1 is 1.38 bits per heavy atom. The third kappa shape index (κ3) is 2.05. The Balaban J connectivity index is 2.35. The molecule has 104 valence electrons. The van der Waals surface area contributed by atoms with Gasteiger partial charge in [-0.05, 0) is 18.1 Å². The number of carbonyl (C=O) groups is 1. The summed E-state index contributed by atoms with van der Waals surface area (Å²) in [5.74, 6) is -0.528. The number of carbonyl (C=O) groups excluding carboxylic acids is 1. The van der Waals surface area contributed by atoms with Crippen molar-refractivity contribution in [2.75, 3.05) is 0 Å². The highest BCUT2D eigenvalue weighted by Crippen LogP contribution is 2.47. The van der Waals surface area contributed by atoms with E-state index in [-0.39, 0.29) is 17.0 Å². The summed E-state index contributed by atoms with van der Waals surface area (Å²) in [6.07, 6.45) is 1.90. The second-order valence-electron chi connectivity index (χ2n) is 6.87. The number of aryl methyl sites for hydroxylation is 1. The number of fused-ring (bicyclic) bond motifs is 3. The second kappa shape index (κ2) is 4.64. The number of benzene rings is 1. The van der Waals surface area contributed by atoms with Crippen molar-refractivity contribution in [3.05, 3.63) is 22.3 Å². The van der Waals surface area contributed by atoms with E-state index in [0.29, 0.717) is 0 Å². The summed E-state index contributed by atoms with van der Waals surface area (Å²) in [6, 6.07) is 2.02. The molecule has 1 aliphatic rings. The Labute approximate surface area is 133 Å². The number of hydrogen-bond acceptors (Lipinski definition) is 1. The van der Waals surface area contributed by atoms with Crippen LogP contribution in [0.3, 0.4) is 0 Å². The van der Waals surface area contributed by atoms with Crippen LogP contribution in [0.25, 0.3) is 10.9 Å². The Hall–Kier alpha value is -1.22. The lowest BCUT2D eigenvalue weighted by atomic mass is 9.43. The van der Waals surface area contributed by atoms with Crippen molar-refractivity contribution in [1.82, 2.24) is 4.98 Å². The third-order valence-electron chi connectivity index (χ3n) is 5.12. The molecule has 0 aliphatic heterocycles. The summed E-state index contributed by atoms with van der Waals surface area (Å²) in [5, 5.41) is 1.80. The van der Waals surface area contributed by atoms with Crippen molar-refractivity contribution < 1.29 is 4.79 Å². The number of primary amides is 1. The molecule has 1 aromatic carbocycles. The van der Waals surface area contributed by atoms with Gasteiger partial charge in [0.2, 0.25) is 5.91 Å². The van der Waals surface area contributed by atoms with Crippen molar-refractivity contribution in [2.24, 2.45) is 5.73 Å². The smallest absolute Gasteiger partial charge is 0.225 e. The lowest BCUT2D eigenvalue weighted by Gasteiger charge is -2.36. The highest BCUT2D eigenvalue weighted by atomic mass is 35.5. The van der Waals surface area contributed by atoms with Crippen LogP contribution < -0.4 is 16.7 Å². The molecule has 3 rings (SSSR count). The molecule has 3 N–H and O–H groups in total. The summed E-state index contributed by atoms with van der Waals surface area (Å²) in [4.78, 5) is 15.5. The molecule has 1 aromatic heterocycles. The first-order chi connectivity index (χ1) is 9.74. The fourth-order valence-electron chi connectivity index (χ4n) is 3.66. The summed E-state index contributed by atoms with van der Waals surface area (Å²) in [7, 11) is 8.31. The van der Waals surface area contributed by atoms with Crippen LogP contribution in [-0.4, -0.2) is 42.3 Å². The molecular formula is C13H17B4ClN2O. The fraction of sp³-hybridized carbons (Fsp3) is 0.308. The molecule has 1 amide bonds. The Bertz CT molecular complexity index is 771. The Kier molecular flexibility index (Phi) is 3.25. The van der Waals surface area contributed by atoms with Crippen molar-refractivity contribution in [3.63, 3.8) is 0 Å². The summed E-state index contributed by atoms with van der Waals surface area (Å²) >= 11 is 6.34. The highest BCUT2D eigenvalue weighted by molar-refractivity contribution is 6.57. The quantitative estimate of drug-likeness (QED) is 0.550. The van der Waals surface area contributed by atoms with Gasteiger partial charge < -0.3 is 10.7 Å². The van der Waals surface area contributed by atoms with Crippen molar-refractivity contribution >= 4 is 70.7 Å². The van der Waals surface area contributed by atoms with Gasteiger partial charge in [0.1, 0.15) is 31.4 Å². The first kappa shape index (κ1) is 14.7. The lowest BCUT2D eigenvalue weighted by molar-refractivity contribution is -0.120. The topological polar surface area (TPSA) is 58.9 Å². The predicted molar refractivity (Wildman–Crippen MR) is 99.7 cm³/mol. The maximum absolute atomic E-state index is 12.0. The van der Waals surface area contributed by atoms with Crippen LogP contribution in [-0.2, 0) is 11.2 Å². The van der Waals surface area contributed by atoms with Gasteiger partial charge in [-0.2, -0.15) is 0 Å². The van der Waals surface area contributed by atoms with E-state index < -0.39 is 0 Å². The van der Waals surface area contributed by atoms with Crippen LogP contribution in [0, 0.1) is 0 Å². The molecule has 3 nitrogen and oxygen atoms in total. The Morgan fingerprint density at radius 2 is 2.05 bits per heavy atom. The zero-order valence-electron chi connectivity index (χ0n) is 12.9. The van der Waals surface area contributed by atoms with E-state index >= 15 is 0 Å². The van der Waals surface area contributed by atoms with Crippen LogP contribution in [0.5, 0.6) is 0 Å². The molecule has 1 heterocycles. The van der Waals surface area contributed by atoms with Gasteiger partial charge in [0.15, 0.2) is 0 Å². The van der Waals surface area contributed by atoms with E-state index in [2.05, 4.69) is 28.5 Å². The maximum Gasteiger partial charge on any atom is 0.225 e. The number of halogens is 1. The van der Waals surface area contributed by atoms with Gasteiger partial charge in [0.05, 0.1) is 5.92 Å². The number of H-pyrrole nitrogens is 1. The number of aromatic nitrogens is 1. The largest absolute Gasteiger partial charge is 0.369 e. The first-order valence-electron chi connectivity index (χ1n) is 7.33. The van der Waals surface area contributed by atoms with E-state index in [1.54, 1.807) is 0 Å². The molecule has 21 heavy (non-hydrogen) atoms. The minimum absolute atomic E-state index is 0.119. The monoisotopic (exact) mass is 296 g/mol. The van der Waals surface area contributed by atoms with Gasteiger partial charge in [-0.25, -0.2) is 0 Å². The number of nitrogens with one attached hydrogen (secondary N) is 1. The van der Waals surface area contributed by atoms with E-state index in [1.165, 1.54) is 5.56 Å². The predicted octanol–water partition coefficient (Wildman–Crippen LogP) is -2.76. The summed E-state index contributed by atoms with van der Waals surface area (Å²) in [6.45, 7) is 0. The van der Waals surface area contributed by atoms with E-state index in [4.69, 9.17) is 17.3 Å². The minimum Gasteiger partial charge on any atom is -0.369 e. The lowest BCUT2D eigenvalue weighted by Crippen LogP contribution is -2.37. The van der Waals surface area contributed by atoms with Gasteiger partial charge in [0, 0.05) is 21.6 Å². The first-order valence-corrected chi connectivity index (χ1v) is 7.71. The summed E-state index contributed by atoms with van der Waals surface area (Å²) < 4.78 is 0. The number of rotatable bonds is 1. The molecule has 0 bridgehead atoms. The van der Waals surface area contributed by atoms with Crippen LogP contribution >= 0.6 is 11.6 Å². The molecule has 0 radical (unpaired) electrons. The zero-order chi connectivity index (χ0) is 15.5. The SMILES string of the molecule is Bc1c(Cl)cc2c3c([nH]c2c1B)C(C(N)=O)C(B)(B)CC3. The normalized spacial score (nSPS) is 20.3. The van der Waals surface area contributed by atoms with E-state index in [9.17, 15) is 4.79 Å². The average Bonchev–Trinajstić information content (AvgIpc) is 2.72. The molecule has 8 heteroatoms. The fourth-order valence-corrected chi connectivity index (χ4v) is 3.91. The maximum atomic E-state index is 12.0. The molecular weight excluding hydrogens is 279 g/mol. The molecule has 0 spiro atoms. The average molecular weight is 296 g/mol. The third-order valence-corrected chi connectivity index (χ3v) is 5.51. The number of nitrogens with two attached hydrogens (primary N) is 1. The van der Waals surface area contributed by atoms with Crippen LogP contribution in [0.1, 0.15) is 23.6 Å². The van der Waals surface area contributed by atoms with E-state index in [0.717, 1.165) is 45.4 Å². The van der Waals surface area contributed by atoms with Gasteiger partial charge >= 0.3 is 0 Å². The highest BCUT2D eigenvalue weighted by Gasteiger charge is 2.41. The van der Waals surface area contributed by atoms with Crippen LogP contribution in [0.4, 0.5) is 0 Å². The number of aromatic amines is 1. The molecule has 0 saturated carbocycles. The molecule has 2 aromatic rings. The Morgan fingerprint density at radius 3 is 2.67 bits per heavy atom. The standard InChI is InChI=1S/C13H17B4ClN2O/c14-8-6(18)3-5-4-1-2-13(16,17)7(12(19)21)10(4)20-11(5)9(8)15/h3,7,20H,1-2,14-17H2,(H2,19,21). The van der Waals surface area contributed by atoms with E-state index in [1.807, 2.05) is 13.9 Å². The second-order valence-corrected chi connectivity index (χ2v) is 7.28. The van der Waals surface area contributed by atoms with Crippen molar-refractivity contribution in [2.45, 2.75) is 24.0 Å². The number of amides is 1. The van der Waals surface area contributed by atoms with Gasteiger partial charge in [-0.1, -0.05) is 34.2 Å². The molecule has 0 saturated heterocycles. The summed E-state index contributed by atoms with van der Waals surface area (Å²) in [5.41, 5.74) is 11.2. The minimum atomic E-state index is -0.271. The van der Waals surface area contributed by atoms with Crippen molar-refractivity contribution in [3.8, 4) is 0 Å². The van der Waals surface area contributed by atoms with Gasteiger partial charge in [-0.3, -0.25) is 4.79 Å². The van der Waals surface area contributed by atoms with Crippen LogP contribution in [0.2, 0.25) is 10.2 Å². The number of hydrogen-bond donors (Lipinski definition) is 2. The van der Waals surface area contributed by atoms with Crippen LogP contribution in [0.15, 0.2) is 6.07 Å². The molecule has 1 unspecified atom stereocenters. The molecule has 1 aliphatic carbocycles.